The highest BCUT2D eigenvalue weighted by Gasteiger charge is 2.16. The third-order valence-electron chi connectivity index (χ3n) is 2.05. The van der Waals surface area contributed by atoms with Gasteiger partial charge in [-0.15, -0.1) is 0 Å². The Hall–Kier alpha value is -0.753. The standard InChI is InChI=1S/C10H20N2Si/c1-12(13(2,3)4)10-8-6-5-7-9-11/h8,10H,5-7H2,1-4H3. The molecular formula is C10H20N2Si. The van der Waals surface area contributed by atoms with Crippen LogP contribution in [0.3, 0.4) is 0 Å². The van der Waals surface area contributed by atoms with Crippen LogP contribution in [0.15, 0.2) is 12.3 Å². The average Bonchev–Trinajstić information content (AvgIpc) is 2.02. The van der Waals surface area contributed by atoms with Gasteiger partial charge < -0.3 is 4.57 Å². The quantitative estimate of drug-likeness (QED) is 0.499. The normalized spacial score (nSPS) is 11.6. The molecule has 2 nitrogen and oxygen atoms in total. The van der Waals surface area contributed by atoms with Crippen LogP contribution in [0, 0.1) is 11.3 Å². The smallest absolute Gasteiger partial charge is 0.146 e. The lowest BCUT2D eigenvalue weighted by molar-refractivity contribution is 0.684. The highest BCUT2D eigenvalue weighted by molar-refractivity contribution is 6.73. The van der Waals surface area contributed by atoms with Gasteiger partial charge in [0.05, 0.1) is 6.07 Å². The van der Waals surface area contributed by atoms with E-state index in [4.69, 9.17) is 5.26 Å². The van der Waals surface area contributed by atoms with Crippen molar-refractivity contribution in [1.29, 1.82) is 5.26 Å². The van der Waals surface area contributed by atoms with Gasteiger partial charge in [-0.3, -0.25) is 0 Å². The fourth-order valence-corrected chi connectivity index (χ4v) is 1.31. The van der Waals surface area contributed by atoms with Crippen molar-refractivity contribution in [3.63, 3.8) is 0 Å². The van der Waals surface area contributed by atoms with E-state index in [9.17, 15) is 0 Å². The van der Waals surface area contributed by atoms with E-state index in [2.05, 4.69) is 49.6 Å². The molecule has 0 atom stereocenters. The first-order chi connectivity index (χ1) is 5.98. The summed E-state index contributed by atoms with van der Waals surface area (Å²) >= 11 is 0. The van der Waals surface area contributed by atoms with Crippen molar-refractivity contribution >= 4 is 8.24 Å². The molecule has 0 radical (unpaired) electrons. The van der Waals surface area contributed by atoms with Crippen molar-refractivity contribution in [2.24, 2.45) is 0 Å². The monoisotopic (exact) mass is 196 g/mol. The van der Waals surface area contributed by atoms with Crippen molar-refractivity contribution in [1.82, 2.24) is 4.57 Å². The van der Waals surface area contributed by atoms with E-state index >= 15 is 0 Å². The highest BCUT2D eigenvalue weighted by atomic mass is 28.3. The van der Waals surface area contributed by atoms with E-state index in [1.54, 1.807) is 0 Å². The van der Waals surface area contributed by atoms with Crippen molar-refractivity contribution in [3.8, 4) is 6.07 Å². The zero-order valence-corrected chi connectivity index (χ0v) is 10.2. The molecule has 0 aromatic carbocycles. The van der Waals surface area contributed by atoms with Crippen LogP contribution in [-0.2, 0) is 0 Å². The maximum atomic E-state index is 8.33. The Bertz CT molecular complexity index is 198. The molecule has 0 heterocycles. The number of unbranched alkanes of at least 4 members (excludes halogenated alkanes) is 2. The molecule has 0 aromatic rings. The Morgan fingerprint density at radius 3 is 2.46 bits per heavy atom. The molecule has 0 spiro atoms. The van der Waals surface area contributed by atoms with Gasteiger partial charge in [-0.2, -0.15) is 5.26 Å². The van der Waals surface area contributed by atoms with E-state index < -0.39 is 8.24 Å². The number of nitrogens with zero attached hydrogens (tertiary/aromatic N) is 2. The fourth-order valence-electron chi connectivity index (χ4n) is 0.755. The van der Waals surface area contributed by atoms with Gasteiger partial charge >= 0.3 is 0 Å². The number of rotatable bonds is 5. The second-order valence-corrected chi connectivity index (χ2v) is 9.26. The summed E-state index contributed by atoms with van der Waals surface area (Å²) in [7, 11) is 0.984. The van der Waals surface area contributed by atoms with Gasteiger partial charge in [0.25, 0.3) is 0 Å². The summed E-state index contributed by atoms with van der Waals surface area (Å²) < 4.78 is 2.32. The largest absolute Gasteiger partial charge is 0.407 e. The maximum absolute atomic E-state index is 8.33. The lowest BCUT2D eigenvalue weighted by Gasteiger charge is -2.28. The zero-order valence-electron chi connectivity index (χ0n) is 9.17. The third-order valence-corrected chi connectivity index (χ3v) is 4.31. The molecular weight excluding hydrogens is 176 g/mol. The molecule has 0 unspecified atom stereocenters. The Morgan fingerprint density at radius 2 is 2.00 bits per heavy atom. The Kier molecular flexibility index (Phi) is 5.48. The van der Waals surface area contributed by atoms with Crippen LogP contribution in [-0.4, -0.2) is 19.8 Å². The predicted octanol–water partition coefficient (Wildman–Crippen LogP) is 2.96. The molecule has 0 fully saturated rings. The summed E-state index contributed by atoms with van der Waals surface area (Å²) in [5.74, 6) is 0. The van der Waals surface area contributed by atoms with Gasteiger partial charge in [0.15, 0.2) is 0 Å². The van der Waals surface area contributed by atoms with Crippen molar-refractivity contribution < 1.29 is 0 Å². The molecule has 0 saturated heterocycles. The van der Waals surface area contributed by atoms with Gasteiger partial charge in [-0.05, 0) is 26.1 Å². The SMILES string of the molecule is CN(C=CCCCC#N)[Si](C)(C)C. The molecule has 0 N–H and O–H groups in total. The van der Waals surface area contributed by atoms with Crippen molar-refractivity contribution in [2.45, 2.75) is 38.9 Å². The van der Waals surface area contributed by atoms with Gasteiger partial charge in [-0.1, -0.05) is 25.7 Å². The summed E-state index contributed by atoms with van der Waals surface area (Å²) in [6.07, 6.45) is 6.98. The minimum absolute atomic E-state index is 0.668. The average molecular weight is 196 g/mol. The minimum atomic E-state index is -1.15. The highest BCUT2D eigenvalue weighted by Crippen LogP contribution is 2.07. The Morgan fingerprint density at radius 1 is 1.38 bits per heavy atom. The van der Waals surface area contributed by atoms with Crippen LogP contribution in [0.2, 0.25) is 19.6 Å². The summed E-state index contributed by atoms with van der Waals surface area (Å²) in [6, 6.07) is 2.15. The molecule has 3 heteroatoms. The van der Waals surface area contributed by atoms with E-state index in [-0.39, 0.29) is 0 Å². The predicted molar refractivity (Wildman–Crippen MR) is 59.7 cm³/mol. The van der Waals surface area contributed by atoms with Crippen LogP contribution in [0.25, 0.3) is 0 Å². The molecule has 0 rings (SSSR count). The van der Waals surface area contributed by atoms with Crippen LogP contribution in [0.1, 0.15) is 19.3 Å². The van der Waals surface area contributed by atoms with Crippen LogP contribution in [0.4, 0.5) is 0 Å². The van der Waals surface area contributed by atoms with E-state index in [0.29, 0.717) is 6.42 Å². The first-order valence-electron chi connectivity index (χ1n) is 4.75. The van der Waals surface area contributed by atoms with E-state index in [0.717, 1.165) is 12.8 Å². The molecule has 0 aromatic heterocycles. The van der Waals surface area contributed by atoms with E-state index in [1.807, 2.05) is 0 Å². The number of allylic oxidation sites excluding steroid dienone is 1. The summed E-state index contributed by atoms with van der Waals surface area (Å²) in [5, 5.41) is 8.33. The summed E-state index contributed by atoms with van der Waals surface area (Å²) in [6.45, 7) is 6.94. The molecule has 0 bridgehead atoms. The van der Waals surface area contributed by atoms with Gasteiger partial charge in [0.2, 0.25) is 0 Å². The second kappa shape index (κ2) is 5.82. The Labute approximate surface area is 82.9 Å². The molecule has 0 saturated carbocycles. The first kappa shape index (κ1) is 12.2. The van der Waals surface area contributed by atoms with Gasteiger partial charge in [0.1, 0.15) is 8.24 Å². The summed E-state index contributed by atoms with van der Waals surface area (Å²) in [4.78, 5) is 0. The fraction of sp³-hybridized carbons (Fsp3) is 0.700. The molecule has 0 aliphatic rings. The van der Waals surface area contributed by atoms with Crippen LogP contribution < -0.4 is 0 Å². The molecule has 13 heavy (non-hydrogen) atoms. The van der Waals surface area contributed by atoms with Crippen molar-refractivity contribution in [2.75, 3.05) is 7.05 Å². The number of hydrogen-bond acceptors (Lipinski definition) is 2. The number of nitriles is 1. The minimum Gasteiger partial charge on any atom is -0.407 e. The molecule has 74 valence electrons. The molecule has 0 aliphatic heterocycles. The summed E-state index contributed by atoms with van der Waals surface area (Å²) in [5.41, 5.74) is 0. The van der Waals surface area contributed by atoms with Gasteiger partial charge in [-0.25, -0.2) is 0 Å². The second-order valence-electron chi connectivity index (χ2n) is 4.22. The van der Waals surface area contributed by atoms with Gasteiger partial charge in [0, 0.05) is 6.42 Å². The lowest BCUT2D eigenvalue weighted by Crippen LogP contribution is -2.38. The zero-order chi connectivity index (χ0) is 10.3. The molecule has 0 amide bonds. The number of hydrogen-bond donors (Lipinski definition) is 0. The molecule has 0 aliphatic carbocycles. The van der Waals surface area contributed by atoms with Crippen LogP contribution in [0.5, 0.6) is 0 Å². The Balaban J connectivity index is 3.67. The van der Waals surface area contributed by atoms with Crippen molar-refractivity contribution in [3.05, 3.63) is 12.3 Å². The lowest BCUT2D eigenvalue weighted by atomic mass is 10.2. The van der Waals surface area contributed by atoms with E-state index in [1.165, 1.54) is 0 Å². The topological polar surface area (TPSA) is 27.0 Å². The maximum Gasteiger partial charge on any atom is 0.146 e. The van der Waals surface area contributed by atoms with Crippen LogP contribution >= 0.6 is 0 Å². The first-order valence-corrected chi connectivity index (χ1v) is 8.19. The third kappa shape index (κ3) is 6.41.